The van der Waals surface area contributed by atoms with Gasteiger partial charge in [-0.2, -0.15) is 0 Å². The average molecular weight is 388 g/mol. The van der Waals surface area contributed by atoms with Gasteiger partial charge >= 0.3 is 0 Å². The van der Waals surface area contributed by atoms with E-state index in [-0.39, 0.29) is 12.0 Å². The van der Waals surface area contributed by atoms with Crippen LogP contribution >= 0.6 is 11.6 Å². The van der Waals surface area contributed by atoms with Gasteiger partial charge in [-0.1, -0.05) is 23.7 Å². The van der Waals surface area contributed by atoms with E-state index >= 15 is 0 Å². The zero-order chi connectivity index (χ0) is 18.6. The Morgan fingerprint density at radius 2 is 1.81 bits per heavy atom. The molecule has 2 aromatic rings. The molecule has 1 aromatic carbocycles. The van der Waals surface area contributed by atoms with Gasteiger partial charge in [0.05, 0.1) is 25.4 Å². The summed E-state index contributed by atoms with van der Waals surface area (Å²) < 4.78 is 11.2. The summed E-state index contributed by atoms with van der Waals surface area (Å²) in [6.07, 6.45) is 1.65. The van der Waals surface area contributed by atoms with Gasteiger partial charge in [-0.25, -0.2) is 4.98 Å². The Kier molecular flexibility index (Phi) is 5.57. The third kappa shape index (κ3) is 4.24. The molecule has 0 N–H and O–H groups in total. The number of anilines is 1. The lowest BCUT2D eigenvalue weighted by Crippen LogP contribution is -2.41. The molecule has 7 heteroatoms. The summed E-state index contributed by atoms with van der Waals surface area (Å²) in [6, 6.07) is 11.5. The second-order valence-electron chi connectivity index (χ2n) is 6.67. The van der Waals surface area contributed by atoms with Crippen LogP contribution in [0.5, 0.6) is 0 Å². The van der Waals surface area contributed by atoms with Crippen molar-refractivity contribution >= 4 is 23.3 Å². The van der Waals surface area contributed by atoms with E-state index in [9.17, 15) is 4.79 Å². The number of nitrogens with zero attached hydrogens (tertiary/aromatic N) is 3. The zero-order valence-corrected chi connectivity index (χ0v) is 15.8. The first-order valence-electron chi connectivity index (χ1n) is 9.16. The Labute approximate surface area is 163 Å². The summed E-state index contributed by atoms with van der Waals surface area (Å²) in [5.74, 6) is 0.870. The van der Waals surface area contributed by atoms with Crippen molar-refractivity contribution in [2.45, 2.75) is 6.10 Å². The molecule has 27 heavy (non-hydrogen) atoms. The first-order valence-corrected chi connectivity index (χ1v) is 9.53. The molecule has 1 atom stereocenters. The lowest BCUT2D eigenvalue weighted by Gasteiger charge is -2.34. The Morgan fingerprint density at radius 1 is 1.04 bits per heavy atom. The van der Waals surface area contributed by atoms with Gasteiger partial charge in [-0.15, -0.1) is 0 Å². The SMILES string of the molecule is O=C(c1ccc(N2CCO[C@@H](c3ccc(Cl)cc3)C2)nc1)N1CCOCC1. The van der Waals surface area contributed by atoms with Crippen LogP contribution in [0.25, 0.3) is 0 Å². The van der Waals surface area contributed by atoms with Gasteiger partial charge in [0.25, 0.3) is 5.91 Å². The molecule has 0 radical (unpaired) electrons. The van der Waals surface area contributed by atoms with Gasteiger partial charge in [0, 0.05) is 37.4 Å². The van der Waals surface area contributed by atoms with E-state index < -0.39 is 0 Å². The molecular weight excluding hydrogens is 366 g/mol. The minimum absolute atomic E-state index is 0.0124. The average Bonchev–Trinajstić information content (AvgIpc) is 2.75. The molecule has 6 nitrogen and oxygen atoms in total. The standard InChI is InChI=1S/C20H22ClN3O3/c21-17-4-1-15(2-5-17)18-14-24(9-12-27-18)19-6-3-16(13-22-19)20(25)23-7-10-26-11-8-23/h1-6,13,18H,7-12,14H2/t18-/m1/s1. The highest BCUT2D eigenvalue weighted by molar-refractivity contribution is 6.30. The topological polar surface area (TPSA) is 54.9 Å². The van der Waals surface area contributed by atoms with E-state index in [1.54, 1.807) is 6.20 Å². The van der Waals surface area contributed by atoms with Crippen LogP contribution in [0.1, 0.15) is 22.0 Å². The van der Waals surface area contributed by atoms with E-state index in [1.807, 2.05) is 41.3 Å². The van der Waals surface area contributed by atoms with E-state index in [0.29, 0.717) is 50.0 Å². The van der Waals surface area contributed by atoms with E-state index in [1.165, 1.54) is 0 Å². The Morgan fingerprint density at radius 3 is 2.52 bits per heavy atom. The van der Waals surface area contributed by atoms with E-state index in [2.05, 4.69) is 9.88 Å². The summed E-state index contributed by atoms with van der Waals surface area (Å²) >= 11 is 5.97. The summed E-state index contributed by atoms with van der Waals surface area (Å²) in [7, 11) is 0. The molecule has 3 heterocycles. The van der Waals surface area contributed by atoms with Crippen LogP contribution < -0.4 is 4.90 Å². The second-order valence-corrected chi connectivity index (χ2v) is 7.10. The molecule has 142 valence electrons. The molecule has 2 aliphatic rings. The molecule has 0 bridgehead atoms. The van der Waals surface area contributed by atoms with Gasteiger partial charge in [0.2, 0.25) is 0 Å². The van der Waals surface area contributed by atoms with Crippen LogP contribution in [0, 0.1) is 0 Å². The highest BCUT2D eigenvalue weighted by atomic mass is 35.5. The number of rotatable bonds is 3. The molecule has 2 fully saturated rings. The number of ether oxygens (including phenoxy) is 2. The van der Waals surface area contributed by atoms with Crippen LogP contribution in [0.3, 0.4) is 0 Å². The number of carbonyl (C=O) groups excluding carboxylic acids is 1. The third-order valence-electron chi connectivity index (χ3n) is 4.93. The van der Waals surface area contributed by atoms with Gasteiger partial charge in [-0.3, -0.25) is 4.79 Å². The number of carbonyl (C=O) groups is 1. The normalized spacial score (nSPS) is 20.6. The number of halogens is 1. The van der Waals surface area contributed by atoms with Crippen LogP contribution in [0.15, 0.2) is 42.6 Å². The molecule has 0 saturated carbocycles. The van der Waals surface area contributed by atoms with Gasteiger partial charge in [0.1, 0.15) is 11.9 Å². The van der Waals surface area contributed by atoms with Crippen LogP contribution in [-0.4, -0.2) is 61.8 Å². The maximum Gasteiger partial charge on any atom is 0.255 e. The van der Waals surface area contributed by atoms with Crippen molar-refractivity contribution in [3.05, 3.63) is 58.7 Å². The predicted molar refractivity (Wildman–Crippen MR) is 103 cm³/mol. The molecule has 0 unspecified atom stereocenters. The number of morpholine rings is 2. The molecule has 1 amide bonds. The van der Waals surface area contributed by atoms with Crippen molar-refractivity contribution in [1.29, 1.82) is 0 Å². The summed E-state index contributed by atoms with van der Waals surface area (Å²) in [5.41, 5.74) is 1.71. The Balaban J connectivity index is 1.43. The van der Waals surface area contributed by atoms with E-state index in [0.717, 1.165) is 17.9 Å². The van der Waals surface area contributed by atoms with Gasteiger partial charge < -0.3 is 19.3 Å². The van der Waals surface area contributed by atoms with Crippen molar-refractivity contribution in [2.24, 2.45) is 0 Å². The van der Waals surface area contributed by atoms with E-state index in [4.69, 9.17) is 21.1 Å². The number of pyridine rings is 1. The number of amides is 1. The van der Waals surface area contributed by atoms with Crippen molar-refractivity contribution in [3.8, 4) is 0 Å². The lowest BCUT2D eigenvalue weighted by molar-refractivity contribution is 0.0302. The Hall–Kier alpha value is -2.15. The first kappa shape index (κ1) is 18.2. The number of aromatic nitrogens is 1. The quantitative estimate of drug-likeness (QED) is 0.810. The highest BCUT2D eigenvalue weighted by Gasteiger charge is 2.24. The molecule has 4 rings (SSSR count). The second kappa shape index (κ2) is 8.25. The predicted octanol–water partition coefficient (Wildman–Crippen LogP) is 2.79. The first-order chi connectivity index (χ1) is 13.2. The monoisotopic (exact) mass is 387 g/mol. The molecule has 0 aliphatic carbocycles. The van der Waals surface area contributed by atoms with Crippen molar-refractivity contribution < 1.29 is 14.3 Å². The summed E-state index contributed by atoms with van der Waals surface area (Å²) in [4.78, 5) is 21.1. The number of hydrogen-bond donors (Lipinski definition) is 0. The fourth-order valence-corrected chi connectivity index (χ4v) is 3.51. The van der Waals surface area contributed by atoms with Gasteiger partial charge in [0.15, 0.2) is 0 Å². The van der Waals surface area contributed by atoms with Crippen molar-refractivity contribution in [1.82, 2.24) is 9.88 Å². The maximum atomic E-state index is 12.5. The van der Waals surface area contributed by atoms with Gasteiger partial charge in [-0.05, 0) is 29.8 Å². The molecule has 1 aromatic heterocycles. The largest absolute Gasteiger partial charge is 0.378 e. The minimum atomic E-state index is -0.0209. The zero-order valence-electron chi connectivity index (χ0n) is 15.0. The van der Waals surface area contributed by atoms with Crippen molar-refractivity contribution in [2.75, 3.05) is 50.9 Å². The third-order valence-corrected chi connectivity index (χ3v) is 5.18. The van der Waals surface area contributed by atoms with Crippen LogP contribution in [0.4, 0.5) is 5.82 Å². The molecule has 2 aliphatic heterocycles. The highest BCUT2D eigenvalue weighted by Crippen LogP contribution is 2.26. The molecule has 2 saturated heterocycles. The molecule has 0 spiro atoms. The van der Waals surface area contributed by atoms with Crippen molar-refractivity contribution in [3.63, 3.8) is 0 Å². The lowest BCUT2D eigenvalue weighted by atomic mass is 10.1. The smallest absolute Gasteiger partial charge is 0.255 e. The number of benzene rings is 1. The fourth-order valence-electron chi connectivity index (χ4n) is 3.39. The summed E-state index contributed by atoms with van der Waals surface area (Å²) in [6.45, 7) is 4.57. The van der Waals surface area contributed by atoms with Crippen LogP contribution in [-0.2, 0) is 9.47 Å². The van der Waals surface area contributed by atoms with Crippen LogP contribution in [0.2, 0.25) is 5.02 Å². The number of hydrogen-bond acceptors (Lipinski definition) is 5. The Bertz CT molecular complexity index is 776. The summed E-state index contributed by atoms with van der Waals surface area (Å²) in [5, 5.41) is 0.716. The fraction of sp³-hybridized carbons (Fsp3) is 0.400. The molecular formula is C20H22ClN3O3. The maximum absolute atomic E-state index is 12.5. The minimum Gasteiger partial charge on any atom is -0.378 e.